The van der Waals surface area contributed by atoms with Gasteiger partial charge in [-0.25, -0.2) is 8.42 Å². The third kappa shape index (κ3) is 6.31. The molecule has 1 heterocycles. The van der Waals surface area contributed by atoms with Gasteiger partial charge in [0.2, 0.25) is 0 Å². The molecule has 1 aliphatic heterocycles. The van der Waals surface area contributed by atoms with Gasteiger partial charge in [0.05, 0.1) is 16.1 Å². The molecule has 3 aromatic carbocycles. The smallest absolute Gasteiger partial charge is 0.159 e. The molecule has 0 aliphatic carbocycles. The predicted octanol–water partition coefficient (Wildman–Crippen LogP) is 6.33. The van der Waals surface area contributed by atoms with Gasteiger partial charge in [-0.15, -0.1) is 0 Å². The van der Waals surface area contributed by atoms with Crippen LogP contribution in [0.4, 0.5) is 5.69 Å². The number of rotatable bonds is 7. The number of hydrogen-bond donors (Lipinski definition) is 1. The second kappa shape index (κ2) is 10.6. The van der Waals surface area contributed by atoms with E-state index in [1.807, 2.05) is 48.5 Å². The minimum absolute atomic E-state index is 0.0752. The van der Waals surface area contributed by atoms with Gasteiger partial charge in [0.25, 0.3) is 0 Å². The maximum absolute atomic E-state index is 12.4. The largest absolute Gasteiger partial charge is 0.385 e. The van der Waals surface area contributed by atoms with E-state index < -0.39 is 20.2 Å². The van der Waals surface area contributed by atoms with E-state index in [4.69, 9.17) is 11.6 Å². The summed E-state index contributed by atoms with van der Waals surface area (Å²) in [6.07, 6.45) is 3.20. The summed E-state index contributed by atoms with van der Waals surface area (Å²) in [6, 6.07) is 24.2. The fourth-order valence-corrected chi connectivity index (χ4v) is 5.77. The number of piperidine rings is 1. The summed E-state index contributed by atoms with van der Waals surface area (Å²) in [5.74, 6) is 0.0752. The number of aryl methyl sites for hydroxylation is 2. The molecule has 3 aromatic rings. The van der Waals surface area contributed by atoms with Crippen molar-refractivity contribution in [3.8, 4) is 0 Å². The van der Waals surface area contributed by atoms with E-state index in [9.17, 15) is 13.5 Å². The lowest BCUT2D eigenvalue weighted by atomic mass is 9.84. The van der Waals surface area contributed by atoms with Crippen LogP contribution in [0.1, 0.15) is 55.9 Å². The van der Waals surface area contributed by atoms with Crippen LogP contribution in [0, 0.1) is 0 Å². The highest BCUT2D eigenvalue weighted by atomic mass is 35.5. The maximum atomic E-state index is 12.4. The number of anilines is 1. The van der Waals surface area contributed by atoms with E-state index in [-0.39, 0.29) is 5.75 Å². The summed E-state index contributed by atoms with van der Waals surface area (Å²) in [5.41, 5.74) is 4.63. The molecule has 1 aliphatic rings. The molecule has 0 atom stereocenters. The Balaban J connectivity index is 1.29. The van der Waals surface area contributed by atoms with Gasteiger partial charge < -0.3 is 10.0 Å². The molecule has 0 bridgehead atoms. The summed E-state index contributed by atoms with van der Waals surface area (Å²) in [5, 5.41) is 11.8. The summed E-state index contributed by atoms with van der Waals surface area (Å²) >= 11 is 6.00. The molecule has 192 valence electrons. The molecule has 4 nitrogen and oxygen atoms in total. The summed E-state index contributed by atoms with van der Waals surface area (Å²) < 4.78 is 24.1. The van der Waals surface area contributed by atoms with Crippen molar-refractivity contribution in [3.05, 3.63) is 100 Å². The van der Waals surface area contributed by atoms with E-state index in [0.29, 0.717) is 17.9 Å². The highest BCUT2D eigenvalue weighted by Crippen LogP contribution is 2.35. The van der Waals surface area contributed by atoms with Gasteiger partial charge in [-0.3, -0.25) is 0 Å². The molecule has 0 aromatic heterocycles. The van der Waals surface area contributed by atoms with Gasteiger partial charge in [-0.2, -0.15) is 0 Å². The standard InChI is InChI=1S/C30H36ClNO3S/c1-29(2,3)36(34,35)22-25-8-6-23(7-9-25)4-5-24-10-16-28(17-11-24)32-20-18-30(33,19-21-32)26-12-14-27(31)15-13-26/h6-17,33H,4-5,18-22H2,1-3H3. The second-order valence-electron chi connectivity index (χ2n) is 10.9. The highest BCUT2D eigenvalue weighted by molar-refractivity contribution is 7.91. The van der Waals surface area contributed by atoms with Crippen molar-refractivity contribution < 1.29 is 13.5 Å². The zero-order valence-corrected chi connectivity index (χ0v) is 22.9. The number of sulfone groups is 1. The predicted molar refractivity (Wildman–Crippen MR) is 149 cm³/mol. The lowest BCUT2D eigenvalue weighted by Crippen LogP contribution is -2.42. The molecule has 0 amide bonds. The first-order chi connectivity index (χ1) is 17.0. The van der Waals surface area contributed by atoms with Crippen LogP contribution in [-0.2, 0) is 34.0 Å². The Morgan fingerprint density at radius 2 is 1.28 bits per heavy atom. The first kappa shape index (κ1) is 26.7. The van der Waals surface area contributed by atoms with Gasteiger partial charge in [0, 0.05) is 23.8 Å². The lowest BCUT2D eigenvalue weighted by Gasteiger charge is -2.39. The van der Waals surface area contributed by atoms with Crippen LogP contribution in [0.15, 0.2) is 72.8 Å². The van der Waals surface area contributed by atoms with E-state index in [1.54, 1.807) is 20.8 Å². The second-order valence-corrected chi connectivity index (χ2v) is 14.1. The van der Waals surface area contributed by atoms with Gasteiger partial charge in [0.15, 0.2) is 9.84 Å². The molecule has 36 heavy (non-hydrogen) atoms. The Morgan fingerprint density at radius 3 is 1.78 bits per heavy atom. The fourth-order valence-electron chi connectivity index (χ4n) is 4.58. The van der Waals surface area contributed by atoms with Crippen LogP contribution in [0.2, 0.25) is 5.02 Å². The number of benzene rings is 3. The Morgan fingerprint density at radius 1 is 0.806 bits per heavy atom. The quantitative estimate of drug-likeness (QED) is 0.392. The molecule has 1 saturated heterocycles. The summed E-state index contributed by atoms with van der Waals surface area (Å²) in [4.78, 5) is 2.33. The monoisotopic (exact) mass is 525 g/mol. The van der Waals surface area contributed by atoms with Crippen molar-refractivity contribution in [2.45, 2.75) is 62.6 Å². The van der Waals surface area contributed by atoms with Crippen molar-refractivity contribution in [2.24, 2.45) is 0 Å². The number of halogens is 1. The molecule has 4 rings (SSSR count). The summed E-state index contributed by atoms with van der Waals surface area (Å²) in [7, 11) is -3.18. The fraction of sp³-hybridized carbons (Fsp3) is 0.400. The van der Waals surface area contributed by atoms with Crippen LogP contribution in [0.3, 0.4) is 0 Å². The number of aliphatic hydroxyl groups is 1. The van der Waals surface area contributed by atoms with Gasteiger partial charge in [0.1, 0.15) is 0 Å². The Bertz CT molecular complexity index is 1250. The molecule has 0 spiro atoms. The van der Waals surface area contributed by atoms with Crippen LogP contribution in [-0.4, -0.2) is 31.4 Å². The van der Waals surface area contributed by atoms with Crippen molar-refractivity contribution in [1.82, 2.24) is 0 Å². The van der Waals surface area contributed by atoms with E-state index in [0.717, 1.165) is 37.1 Å². The molecular formula is C30H36ClNO3S. The first-order valence-electron chi connectivity index (χ1n) is 12.6. The Kier molecular flexibility index (Phi) is 7.84. The van der Waals surface area contributed by atoms with Crippen LogP contribution in [0.5, 0.6) is 0 Å². The van der Waals surface area contributed by atoms with Crippen molar-refractivity contribution in [3.63, 3.8) is 0 Å². The van der Waals surface area contributed by atoms with E-state index >= 15 is 0 Å². The SMILES string of the molecule is CC(C)(C)S(=O)(=O)Cc1ccc(CCc2ccc(N3CCC(O)(c4ccc(Cl)cc4)CC3)cc2)cc1. The summed E-state index contributed by atoms with van der Waals surface area (Å²) in [6.45, 7) is 6.84. The van der Waals surface area contributed by atoms with Crippen molar-refractivity contribution in [1.29, 1.82) is 0 Å². The van der Waals surface area contributed by atoms with E-state index in [1.165, 1.54) is 16.8 Å². The molecule has 1 fully saturated rings. The molecular weight excluding hydrogens is 490 g/mol. The van der Waals surface area contributed by atoms with E-state index in [2.05, 4.69) is 29.2 Å². The number of nitrogens with zero attached hydrogens (tertiary/aromatic N) is 1. The molecule has 0 radical (unpaired) electrons. The van der Waals surface area contributed by atoms with Crippen molar-refractivity contribution in [2.75, 3.05) is 18.0 Å². The maximum Gasteiger partial charge on any atom is 0.159 e. The minimum atomic E-state index is -3.18. The lowest BCUT2D eigenvalue weighted by molar-refractivity contribution is 0.0118. The zero-order chi connectivity index (χ0) is 26.0. The average Bonchev–Trinajstić information content (AvgIpc) is 2.84. The van der Waals surface area contributed by atoms with Crippen LogP contribution >= 0.6 is 11.6 Å². The van der Waals surface area contributed by atoms with Gasteiger partial charge in [-0.1, -0.05) is 60.1 Å². The van der Waals surface area contributed by atoms with Crippen molar-refractivity contribution >= 4 is 27.1 Å². The van der Waals surface area contributed by atoms with Gasteiger partial charge >= 0.3 is 0 Å². The third-order valence-corrected chi connectivity index (χ3v) is 10.1. The average molecular weight is 526 g/mol. The Hall–Kier alpha value is -2.34. The third-order valence-electron chi connectivity index (χ3n) is 7.29. The molecule has 0 unspecified atom stereocenters. The topological polar surface area (TPSA) is 57.6 Å². The van der Waals surface area contributed by atoms with Gasteiger partial charge in [-0.05, 0) is 93.0 Å². The molecule has 1 N–H and O–H groups in total. The Labute approximate surface area is 220 Å². The number of hydrogen-bond acceptors (Lipinski definition) is 4. The van der Waals surface area contributed by atoms with Crippen LogP contribution in [0.25, 0.3) is 0 Å². The minimum Gasteiger partial charge on any atom is -0.385 e. The molecule has 6 heteroatoms. The normalized spacial score (nSPS) is 16.2. The first-order valence-corrected chi connectivity index (χ1v) is 14.6. The molecule has 0 saturated carbocycles. The highest BCUT2D eigenvalue weighted by Gasteiger charge is 2.34. The zero-order valence-electron chi connectivity index (χ0n) is 21.4. The van der Waals surface area contributed by atoms with Crippen LogP contribution < -0.4 is 4.90 Å².